The average Bonchev–Trinajstić information content (AvgIpc) is 3.31. The van der Waals surface area contributed by atoms with Gasteiger partial charge in [0.05, 0.1) is 11.7 Å². The van der Waals surface area contributed by atoms with Crippen LogP contribution in [0.25, 0.3) is 0 Å². The Balaban J connectivity index is 1.37. The highest BCUT2D eigenvalue weighted by molar-refractivity contribution is 7.98. The van der Waals surface area contributed by atoms with Crippen LogP contribution in [-0.2, 0) is 5.75 Å². The van der Waals surface area contributed by atoms with E-state index in [2.05, 4.69) is 31.2 Å². The van der Waals surface area contributed by atoms with Crippen molar-refractivity contribution in [1.29, 1.82) is 0 Å². The van der Waals surface area contributed by atoms with Crippen LogP contribution in [-0.4, -0.2) is 25.2 Å². The first-order valence-corrected chi connectivity index (χ1v) is 10.4. The highest BCUT2D eigenvalue weighted by Gasteiger charge is 2.20. The number of thioether (sulfide) groups is 1. The second-order valence-electron chi connectivity index (χ2n) is 6.12. The molecule has 6 nitrogen and oxygen atoms in total. The molecule has 3 aromatic rings. The molecule has 0 unspecified atom stereocenters. The van der Waals surface area contributed by atoms with Crippen LogP contribution in [0.3, 0.4) is 0 Å². The number of hydrogen-bond acceptors (Lipinski definition) is 7. The van der Waals surface area contributed by atoms with Crippen LogP contribution in [0.1, 0.15) is 43.8 Å². The summed E-state index contributed by atoms with van der Waals surface area (Å²) in [6, 6.07) is 10.6. The molecule has 0 saturated heterocycles. The molecule has 2 aromatic heterocycles. The fourth-order valence-electron chi connectivity index (χ4n) is 3.05. The van der Waals surface area contributed by atoms with Gasteiger partial charge >= 0.3 is 0 Å². The van der Waals surface area contributed by atoms with E-state index in [4.69, 9.17) is 0 Å². The zero-order valence-electron chi connectivity index (χ0n) is 13.8. The molecule has 0 atom stereocenters. The number of nitrogens with zero attached hydrogens (tertiary/aromatic N) is 5. The molecule has 25 heavy (non-hydrogen) atoms. The van der Waals surface area contributed by atoms with Crippen molar-refractivity contribution < 1.29 is 0 Å². The molecule has 2 heterocycles. The zero-order chi connectivity index (χ0) is 16.9. The molecule has 8 heteroatoms. The van der Waals surface area contributed by atoms with Crippen molar-refractivity contribution in [1.82, 2.24) is 25.2 Å². The van der Waals surface area contributed by atoms with E-state index < -0.39 is 0 Å². The Morgan fingerprint density at radius 1 is 1.16 bits per heavy atom. The molecule has 1 aliphatic rings. The molecule has 0 spiro atoms. The van der Waals surface area contributed by atoms with Crippen molar-refractivity contribution in [3.8, 4) is 0 Å². The number of nitrogens with one attached hydrogen (secondary N) is 1. The number of tetrazole rings is 1. The van der Waals surface area contributed by atoms with Gasteiger partial charge in [-0.3, -0.25) is 0 Å². The standard InChI is InChI=1S/C17H20N6S2/c1-3-7-13(8-4-1)18-16-19-14(11-24-16)12-25-17-20-21-22-23(17)15-9-5-2-6-10-15/h1,3-4,7-8,11,15H,2,5-6,9-10,12H2,(H,18,19). The first kappa shape index (κ1) is 16.5. The van der Waals surface area contributed by atoms with Crippen LogP contribution in [0.5, 0.6) is 0 Å². The molecule has 130 valence electrons. The van der Waals surface area contributed by atoms with Gasteiger partial charge in [0.15, 0.2) is 5.13 Å². The van der Waals surface area contributed by atoms with Crippen LogP contribution >= 0.6 is 23.1 Å². The molecule has 0 aliphatic heterocycles. The van der Waals surface area contributed by atoms with Crippen LogP contribution in [0.2, 0.25) is 0 Å². The first-order valence-electron chi connectivity index (χ1n) is 8.55. The summed E-state index contributed by atoms with van der Waals surface area (Å²) >= 11 is 3.28. The minimum Gasteiger partial charge on any atom is -0.332 e. The monoisotopic (exact) mass is 372 g/mol. The van der Waals surface area contributed by atoms with E-state index >= 15 is 0 Å². The van der Waals surface area contributed by atoms with Gasteiger partial charge in [-0.1, -0.05) is 49.2 Å². The van der Waals surface area contributed by atoms with E-state index in [0.29, 0.717) is 6.04 Å². The van der Waals surface area contributed by atoms with E-state index in [1.54, 1.807) is 23.1 Å². The third kappa shape index (κ3) is 4.19. The lowest BCUT2D eigenvalue weighted by molar-refractivity contribution is 0.307. The summed E-state index contributed by atoms with van der Waals surface area (Å²) in [6.07, 6.45) is 6.24. The van der Waals surface area contributed by atoms with Gasteiger partial charge < -0.3 is 5.32 Å². The Bertz CT molecular complexity index is 794. The highest BCUT2D eigenvalue weighted by atomic mass is 32.2. The van der Waals surface area contributed by atoms with E-state index in [-0.39, 0.29) is 0 Å². The lowest BCUT2D eigenvalue weighted by Gasteiger charge is -2.21. The Hall–Kier alpha value is -1.93. The van der Waals surface area contributed by atoms with Gasteiger partial charge in [0.25, 0.3) is 0 Å². The Kier molecular flexibility index (Phi) is 5.27. The number of para-hydroxylation sites is 1. The summed E-state index contributed by atoms with van der Waals surface area (Å²) in [7, 11) is 0. The van der Waals surface area contributed by atoms with Gasteiger partial charge in [-0.25, -0.2) is 9.67 Å². The Morgan fingerprint density at radius 3 is 2.84 bits per heavy atom. The van der Waals surface area contributed by atoms with E-state index in [9.17, 15) is 0 Å². The molecule has 0 bridgehead atoms. The maximum atomic E-state index is 4.66. The third-order valence-corrected chi connectivity index (χ3v) is 6.08. The Morgan fingerprint density at radius 2 is 2.00 bits per heavy atom. The van der Waals surface area contributed by atoms with E-state index in [1.165, 1.54) is 32.1 Å². The van der Waals surface area contributed by atoms with Crippen LogP contribution < -0.4 is 5.32 Å². The molecular weight excluding hydrogens is 352 g/mol. The topological polar surface area (TPSA) is 68.5 Å². The summed E-state index contributed by atoms with van der Waals surface area (Å²) in [4.78, 5) is 4.66. The van der Waals surface area contributed by atoms with Gasteiger partial charge in [-0.15, -0.1) is 16.4 Å². The molecule has 1 N–H and O–H groups in total. The predicted octanol–water partition coefficient (Wildman–Crippen LogP) is 4.67. The van der Waals surface area contributed by atoms with Crippen LogP contribution in [0, 0.1) is 0 Å². The number of thiazole rings is 1. The van der Waals surface area contributed by atoms with Gasteiger partial charge in [-0.05, 0) is 35.4 Å². The van der Waals surface area contributed by atoms with Crippen molar-refractivity contribution in [2.24, 2.45) is 0 Å². The van der Waals surface area contributed by atoms with Crippen molar-refractivity contribution in [2.45, 2.75) is 49.1 Å². The number of rotatable bonds is 6. The van der Waals surface area contributed by atoms with Crippen molar-refractivity contribution >= 4 is 33.9 Å². The summed E-state index contributed by atoms with van der Waals surface area (Å²) in [5, 5.41) is 19.5. The molecule has 0 radical (unpaired) electrons. The normalized spacial score (nSPS) is 15.4. The number of aromatic nitrogens is 5. The molecule has 1 saturated carbocycles. The van der Waals surface area contributed by atoms with Crippen molar-refractivity contribution in [3.05, 3.63) is 41.4 Å². The smallest absolute Gasteiger partial charge is 0.209 e. The lowest BCUT2D eigenvalue weighted by Crippen LogP contribution is -2.15. The molecule has 0 amide bonds. The van der Waals surface area contributed by atoms with Gasteiger partial charge in [0.1, 0.15) is 0 Å². The van der Waals surface area contributed by atoms with Crippen molar-refractivity contribution in [2.75, 3.05) is 5.32 Å². The average molecular weight is 373 g/mol. The van der Waals surface area contributed by atoms with Gasteiger partial charge in [-0.2, -0.15) is 0 Å². The second kappa shape index (κ2) is 7.97. The first-order chi connectivity index (χ1) is 12.4. The number of anilines is 2. The van der Waals surface area contributed by atoms with Crippen LogP contribution in [0.4, 0.5) is 10.8 Å². The Labute approximate surface area is 155 Å². The number of hydrogen-bond donors (Lipinski definition) is 1. The fourth-order valence-corrected chi connectivity index (χ4v) is 4.72. The predicted molar refractivity (Wildman–Crippen MR) is 101 cm³/mol. The maximum absolute atomic E-state index is 4.66. The zero-order valence-corrected chi connectivity index (χ0v) is 15.5. The molecule has 1 fully saturated rings. The van der Waals surface area contributed by atoms with Crippen LogP contribution in [0.15, 0.2) is 40.9 Å². The lowest BCUT2D eigenvalue weighted by atomic mass is 9.96. The maximum Gasteiger partial charge on any atom is 0.209 e. The van der Waals surface area contributed by atoms with E-state index in [0.717, 1.165) is 27.4 Å². The SMILES string of the molecule is c1ccc(Nc2nc(CSc3nnnn3C3CCCCC3)cs2)cc1. The highest BCUT2D eigenvalue weighted by Crippen LogP contribution is 2.31. The minimum atomic E-state index is 0.456. The van der Waals surface area contributed by atoms with E-state index in [1.807, 2.05) is 35.0 Å². The second-order valence-corrected chi connectivity index (χ2v) is 7.92. The molecular formula is C17H20N6S2. The number of benzene rings is 1. The summed E-state index contributed by atoms with van der Waals surface area (Å²) in [6.45, 7) is 0. The fraction of sp³-hybridized carbons (Fsp3) is 0.412. The van der Waals surface area contributed by atoms with Gasteiger partial charge in [0.2, 0.25) is 5.16 Å². The minimum absolute atomic E-state index is 0.456. The third-order valence-electron chi connectivity index (χ3n) is 4.31. The summed E-state index contributed by atoms with van der Waals surface area (Å²) in [5.74, 6) is 0.778. The largest absolute Gasteiger partial charge is 0.332 e. The quantitative estimate of drug-likeness (QED) is 0.634. The molecule has 1 aliphatic carbocycles. The molecule has 4 rings (SSSR count). The summed E-state index contributed by atoms with van der Waals surface area (Å²) < 4.78 is 2.01. The molecule has 1 aromatic carbocycles. The summed E-state index contributed by atoms with van der Waals surface area (Å²) in [5.41, 5.74) is 2.10. The van der Waals surface area contributed by atoms with Crippen molar-refractivity contribution in [3.63, 3.8) is 0 Å². The van der Waals surface area contributed by atoms with Gasteiger partial charge in [0, 0.05) is 16.8 Å².